The van der Waals surface area contributed by atoms with Crippen molar-refractivity contribution in [2.24, 2.45) is 11.8 Å². The summed E-state index contributed by atoms with van der Waals surface area (Å²) in [4.78, 5) is 24.1. The Kier molecular flexibility index (Phi) is 4.29. The molecule has 0 bridgehead atoms. The maximum Gasteiger partial charge on any atom is 0.255 e. The highest BCUT2D eigenvalue weighted by Gasteiger charge is 2.39. The van der Waals surface area contributed by atoms with Crippen LogP contribution in [0.4, 0.5) is 20.2 Å². The number of nitrogens with one attached hydrogen (secondary N) is 2. The molecule has 3 rings (SSSR count). The molecule has 2 atom stereocenters. The van der Waals surface area contributed by atoms with Gasteiger partial charge in [-0.25, -0.2) is 8.78 Å². The molecule has 2 aromatic rings. The van der Waals surface area contributed by atoms with Crippen molar-refractivity contribution in [3.63, 3.8) is 0 Å². The van der Waals surface area contributed by atoms with E-state index < -0.39 is 17.5 Å². The number of hydrogen-bond acceptors (Lipinski definition) is 2. The van der Waals surface area contributed by atoms with Crippen LogP contribution in [0.2, 0.25) is 0 Å². The number of carbonyl (C=O) groups excluding carboxylic acids is 2. The first kappa shape index (κ1) is 16.1. The fraction of sp³-hybridized carbons (Fsp3) is 0.222. The molecular formula is C18H16F2N2O2. The predicted octanol–water partition coefficient (Wildman–Crippen LogP) is 3.81. The molecule has 0 radical (unpaired) electrons. The summed E-state index contributed by atoms with van der Waals surface area (Å²) in [6.07, 6.45) is 0.871. The van der Waals surface area contributed by atoms with E-state index in [1.54, 1.807) is 18.2 Å². The average molecular weight is 330 g/mol. The Bertz CT molecular complexity index is 807. The number of amides is 2. The van der Waals surface area contributed by atoms with Crippen LogP contribution in [0.15, 0.2) is 42.5 Å². The van der Waals surface area contributed by atoms with Crippen molar-refractivity contribution in [3.8, 4) is 0 Å². The summed E-state index contributed by atoms with van der Waals surface area (Å²) in [5.74, 6) is -1.77. The second kappa shape index (κ2) is 6.39. The number of anilines is 2. The lowest BCUT2D eigenvalue weighted by molar-refractivity contribution is -0.117. The zero-order chi connectivity index (χ0) is 17.3. The van der Waals surface area contributed by atoms with Crippen LogP contribution in [0.3, 0.4) is 0 Å². The zero-order valence-corrected chi connectivity index (χ0v) is 13.0. The first-order chi connectivity index (χ1) is 11.4. The van der Waals surface area contributed by atoms with Crippen LogP contribution in [0, 0.1) is 23.5 Å². The van der Waals surface area contributed by atoms with Crippen molar-refractivity contribution in [1.82, 2.24) is 0 Å². The van der Waals surface area contributed by atoms with Crippen molar-refractivity contribution < 1.29 is 18.4 Å². The lowest BCUT2D eigenvalue weighted by atomic mass is 10.1. The molecule has 2 N–H and O–H groups in total. The van der Waals surface area contributed by atoms with Gasteiger partial charge in [0.1, 0.15) is 11.6 Å². The quantitative estimate of drug-likeness (QED) is 0.895. The molecule has 2 aromatic carbocycles. The summed E-state index contributed by atoms with van der Waals surface area (Å²) in [6.45, 7) is 2.01. The van der Waals surface area contributed by atoms with Crippen molar-refractivity contribution in [3.05, 3.63) is 59.7 Å². The van der Waals surface area contributed by atoms with E-state index in [1.807, 2.05) is 6.92 Å². The highest BCUT2D eigenvalue weighted by Crippen LogP contribution is 2.38. The minimum Gasteiger partial charge on any atom is -0.326 e. The van der Waals surface area contributed by atoms with E-state index in [4.69, 9.17) is 0 Å². The summed E-state index contributed by atoms with van der Waals surface area (Å²) in [7, 11) is 0. The Hall–Kier alpha value is -2.76. The summed E-state index contributed by atoms with van der Waals surface area (Å²) >= 11 is 0. The van der Waals surface area contributed by atoms with E-state index in [9.17, 15) is 18.4 Å². The number of hydrogen-bond donors (Lipinski definition) is 2. The van der Waals surface area contributed by atoms with Gasteiger partial charge < -0.3 is 10.6 Å². The van der Waals surface area contributed by atoms with Crippen LogP contribution in [0.25, 0.3) is 0 Å². The highest BCUT2D eigenvalue weighted by atomic mass is 19.1. The zero-order valence-electron chi connectivity index (χ0n) is 13.0. The van der Waals surface area contributed by atoms with Gasteiger partial charge in [0.2, 0.25) is 5.91 Å². The molecule has 1 aliphatic rings. The van der Waals surface area contributed by atoms with Gasteiger partial charge in [0.15, 0.2) is 0 Å². The first-order valence-electron chi connectivity index (χ1n) is 7.61. The van der Waals surface area contributed by atoms with E-state index in [2.05, 4.69) is 10.6 Å². The molecule has 0 unspecified atom stereocenters. The fourth-order valence-electron chi connectivity index (χ4n) is 2.45. The lowest BCUT2D eigenvalue weighted by Gasteiger charge is -2.09. The van der Waals surface area contributed by atoms with Gasteiger partial charge in [-0.15, -0.1) is 0 Å². The Morgan fingerprint density at radius 2 is 1.83 bits per heavy atom. The minimum absolute atomic E-state index is 0.0239. The fourth-order valence-corrected chi connectivity index (χ4v) is 2.45. The Labute approximate surface area is 137 Å². The van der Waals surface area contributed by atoms with Gasteiger partial charge in [-0.05, 0) is 42.7 Å². The maximum absolute atomic E-state index is 13.6. The van der Waals surface area contributed by atoms with Gasteiger partial charge in [-0.2, -0.15) is 0 Å². The topological polar surface area (TPSA) is 58.2 Å². The normalized spacial score (nSPS) is 18.8. The molecule has 0 spiro atoms. The maximum atomic E-state index is 13.6. The number of benzene rings is 2. The van der Waals surface area contributed by atoms with Gasteiger partial charge in [0.25, 0.3) is 5.91 Å². The number of carbonyl (C=O) groups is 2. The standard InChI is InChI=1S/C18H16F2N2O2/c1-10-7-14(10)18(24)21-13-4-2-3-11(8-13)17(23)22-16-6-5-12(19)9-15(16)20/h2-6,8-10,14H,7H2,1H3,(H,21,24)(H,22,23)/t10-,14+/m0/s1. The summed E-state index contributed by atoms with van der Waals surface area (Å²) in [5, 5.41) is 5.15. The Balaban J connectivity index is 1.70. The Morgan fingerprint density at radius 1 is 1.08 bits per heavy atom. The summed E-state index contributed by atoms with van der Waals surface area (Å²) < 4.78 is 26.5. The molecule has 0 aromatic heterocycles. The molecule has 24 heavy (non-hydrogen) atoms. The average Bonchev–Trinajstić information content (AvgIpc) is 3.27. The van der Waals surface area contributed by atoms with Gasteiger partial charge in [-0.1, -0.05) is 13.0 Å². The molecule has 1 fully saturated rings. The van der Waals surface area contributed by atoms with Gasteiger partial charge in [0, 0.05) is 23.2 Å². The van der Waals surface area contributed by atoms with Crippen LogP contribution >= 0.6 is 0 Å². The Morgan fingerprint density at radius 3 is 2.50 bits per heavy atom. The van der Waals surface area contributed by atoms with Crippen molar-refractivity contribution in [2.45, 2.75) is 13.3 Å². The van der Waals surface area contributed by atoms with E-state index in [1.165, 1.54) is 6.07 Å². The van der Waals surface area contributed by atoms with Gasteiger partial charge in [-0.3, -0.25) is 9.59 Å². The van der Waals surface area contributed by atoms with Crippen LogP contribution in [0.5, 0.6) is 0 Å². The molecule has 6 heteroatoms. The van der Waals surface area contributed by atoms with E-state index in [0.29, 0.717) is 17.7 Å². The molecule has 0 heterocycles. The highest BCUT2D eigenvalue weighted by molar-refractivity contribution is 6.05. The molecule has 0 aliphatic heterocycles. The van der Waals surface area contributed by atoms with Crippen molar-refractivity contribution >= 4 is 23.2 Å². The molecule has 1 aliphatic carbocycles. The van der Waals surface area contributed by atoms with Gasteiger partial charge >= 0.3 is 0 Å². The van der Waals surface area contributed by atoms with Crippen molar-refractivity contribution in [2.75, 3.05) is 10.6 Å². The van der Waals surface area contributed by atoms with E-state index in [0.717, 1.165) is 18.6 Å². The van der Waals surface area contributed by atoms with Crippen molar-refractivity contribution in [1.29, 1.82) is 0 Å². The number of halogens is 2. The molecule has 124 valence electrons. The number of rotatable bonds is 4. The largest absolute Gasteiger partial charge is 0.326 e. The molecular weight excluding hydrogens is 314 g/mol. The third-order valence-electron chi connectivity index (χ3n) is 4.02. The van der Waals surface area contributed by atoms with Crippen LogP contribution in [-0.4, -0.2) is 11.8 Å². The monoisotopic (exact) mass is 330 g/mol. The minimum atomic E-state index is -0.851. The summed E-state index contributed by atoms with van der Waals surface area (Å²) in [5.41, 5.74) is 0.661. The van der Waals surface area contributed by atoms with Crippen LogP contribution in [-0.2, 0) is 4.79 Å². The second-order valence-electron chi connectivity index (χ2n) is 5.97. The third kappa shape index (κ3) is 3.59. The van der Waals surface area contributed by atoms with E-state index >= 15 is 0 Å². The second-order valence-corrected chi connectivity index (χ2v) is 5.97. The smallest absolute Gasteiger partial charge is 0.255 e. The molecule has 4 nitrogen and oxygen atoms in total. The first-order valence-corrected chi connectivity index (χ1v) is 7.61. The van der Waals surface area contributed by atoms with Gasteiger partial charge in [0.05, 0.1) is 5.69 Å². The predicted molar refractivity (Wildman–Crippen MR) is 86.7 cm³/mol. The third-order valence-corrected chi connectivity index (χ3v) is 4.02. The lowest BCUT2D eigenvalue weighted by Crippen LogP contribution is -2.16. The SMILES string of the molecule is C[C@H]1C[C@H]1C(=O)Nc1cccc(C(=O)Nc2ccc(F)cc2F)c1. The molecule has 1 saturated carbocycles. The van der Waals surface area contributed by atoms with Crippen LogP contribution in [0.1, 0.15) is 23.7 Å². The van der Waals surface area contributed by atoms with Crippen LogP contribution < -0.4 is 10.6 Å². The molecule has 2 amide bonds. The summed E-state index contributed by atoms with van der Waals surface area (Å²) in [6, 6.07) is 9.29. The van der Waals surface area contributed by atoms with E-state index in [-0.39, 0.29) is 23.1 Å². The molecule has 0 saturated heterocycles.